The summed E-state index contributed by atoms with van der Waals surface area (Å²) in [4.78, 5) is 14.5. The van der Waals surface area contributed by atoms with Gasteiger partial charge in [0.2, 0.25) is 5.91 Å². The zero-order valence-electron chi connectivity index (χ0n) is 12.5. The molecule has 0 aromatic heterocycles. The number of hydrogen-bond donors (Lipinski definition) is 1. The Labute approximate surface area is 130 Å². The van der Waals surface area contributed by atoms with Gasteiger partial charge in [-0.25, -0.2) is 0 Å². The van der Waals surface area contributed by atoms with E-state index in [9.17, 15) is 9.90 Å². The molecule has 1 aliphatic rings. The maximum atomic E-state index is 12.8. The van der Waals surface area contributed by atoms with E-state index in [2.05, 4.69) is 0 Å². The summed E-state index contributed by atoms with van der Waals surface area (Å²) in [6.45, 7) is -0.0354. The Morgan fingerprint density at radius 2 is 1.95 bits per heavy atom. The molecule has 1 atom stereocenters. The molecule has 0 bridgehead atoms. The summed E-state index contributed by atoms with van der Waals surface area (Å²) in [6.07, 6.45) is 0.958. The van der Waals surface area contributed by atoms with Gasteiger partial charge in [-0.2, -0.15) is 0 Å². The Kier molecular flexibility index (Phi) is 4.11. The second-order valence-electron chi connectivity index (χ2n) is 5.42. The van der Waals surface area contributed by atoms with Crippen LogP contribution in [-0.2, 0) is 17.6 Å². The summed E-state index contributed by atoms with van der Waals surface area (Å²) in [5.74, 6) is 0.692. The van der Waals surface area contributed by atoms with Crippen LogP contribution < -0.4 is 9.64 Å². The van der Waals surface area contributed by atoms with Crippen molar-refractivity contribution in [3.63, 3.8) is 0 Å². The van der Waals surface area contributed by atoms with E-state index in [1.807, 2.05) is 48.5 Å². The van der Waals surface area contributed by atoms with Crippen LogP contribution in [0.25, 0.3) is 0 Å². The van der Waals surface area contributed by atoms with E-state index in [0.29, 0.717) is 12.2 Å². The molecule has 0 aliphatic carbocycles. The fourth-order valence-corrected chi connectivity index (χ4v) is 3.04. The maximum Gasteiger partial charge on any atom is 0.231 e. The number of nitrogens with zero attached hydrogens (tertiary/aromatic N) is 1. The van der Waals surface area contributed by atoms with Crippen molar-refractivity contribution in [2.45, 2.75) is 18.9 Å². The highest BCUT2D eigenvalue weighted by molar-refractivity contribution is 5.97. The lowest BCUT2D eigenvalue weighted by molar-refractivity contribution is -0.118. The summed E-state index contributed by atoms with van der Waals surface area (Å²) in [7, 11) is 1.60. The van der Waals surface area contributed by atoms with E-state index in [-0.39, 0.29) is 25.0 Å². The van der Waals surface area contributed by atoms with Gasteiger partial charge in [0.1, 0.15) is 5.75 Å². The standard InChI is InChI=1S/C18H19NO3/c1-22-17-9-5-3-7-14(17)11-18(21)19-15(12-20)10-13-6-2-4-8-16(13)19/h2-9,15,20H,10-12H2,1H3. The average Bonchev–Trinajstić information content (AvgIpc) is 2.94. The summed E-state index contributed by atoms with van der Waals surface area (Å²) < 4.78 is 5.31. The maximum absolute atomic E-state index is 12.8. The average molecular weight is 297 g/mol. The molecule has 1 amide bonds. The predicted molar refractivity (Wildman–Crippen MR) is 85.2 cm³/mol. The van der Waals surface area contributed by atoms with Crippen LogP contribution in [0.2, 0.25) is 0 Å². The van der Waals surface area contributed by atoms with Crippen molar-refractivity contribution >= 4 is 11.6 Å². The molecule has 0 radical (unpaired) electrons. The van der Waals surface area contributed by atoms with Gasteiger partial charge in [0.25, 0.3) is 0 Å². The van der Waals surface area contributed by atoms with Crippen LogP contribution in [0.5, 0.6) is 5.75 Å². The first-order valence-electron chi connectivity index (χ1n) is 7.37. The van der Waals surface area contributed by atoms with E-state index in [0.717, 1.165) is 16.8 Å². The number of benzene rings is 2. The molecule has 1 aliphatic heterocycles. The number of carbonyl (C=O) groups excluding carboxylic acids is 1. The third-order valence-electron chi connectivity index (χ3n) is 4.09. The molecule has 2 aromatic rings. The lowest BCUT2D eigenvalue weighted by Gasteiger charge is -2.24. The van der Waals surface area contributed by atoms with Crippen molar-refractivity contribution in [3.8, 4) is 5.75 Å². The number of para-hydroxylation sites is 2. The van der Waals surface area contributed by atoms with Gasteiger partial charge >= 0.3 is 0 Å². The number of ether oxygens (including phenoxy) is 1. The third-order valence-corrected chi connectivity index (χ3v) is 4.09. The van der Waals surface area contributed by atoms with Crippen LogP contribution in [-0.4, -0.2) is 30.8 Å². The van der Waals surface area contributed by atoms with Gasteiger partial charge in [-0.3, -0.25) is 4.79 Å². The lowest BCUT2D eigenvalue weighted by atomic mass is 10.1. The van der Waals surface area contributed by atoms with Gasteiger partial charge in [0.15, 0.2) is 0 Å². The van der Waals surface area contributed by atoms with Gasteiger partial charge in [0, 0.05) is 11.3 Å². The minimum absolute atomic E-state index is 0.0199. The summed E-state index contributed by atoms with van der Waals surface area (Å²) in [5, 5.41) is 9.61. The van der Waals surface area contributed by atoms with E-state index in [1.165, 1.54) is 0 Å². The molecule has 22 heavy (non-hydrogen) atoms. The second kappa shape index (κ2) is 6.20. The Morgan fingerprint density at radius 1 is 1.23 bits per heavy atom. The molecular weight excluding hydrogens is 278 g/mol. The van der Waals surface area contributed by atoms with Crippen molar-refractivity contribution in [3.05, 3.63) is 59.7 Å². The normalized spacial score (nSPS) is 16.5. The van der Waals surface area contributed by atoms with Crippen molar-refractivity contribution in [1.29, 1.82) is 0 Å². The number of fused-ring (bicyclic) bond motifs is 1. The second-order valence-corrected chi connectivity index (χ2v) is 5.42. The Balaban J connectivity index is 1.88. The number of methoxy groups -OCH3 is 1. The van der Waals surface area contributed by atoms with Gasteiger partial charge in [-0.15, -0.1) is 0 Å². The minimum atomic E-state index is -0.181. The molecule has 0 spiro atoms. The van der Waals surface area contributed by atoms with Crippen LogP contribution >= 0.6 is 0 Å². The van der Waals surface area contributed by atoms with Gasteiger partial charge in [-0.1, -0.05) is 36.4 Å². The highest BCUT2D eigenvalue weighted by Gasteiger charge is 2.33. The number of rotatable bonds is 4. The van der Waals surface area contributed by atoms with Crippen molar-refractivity contribution in [2.75, 3.05) is 18.6 Å². The molecule has 0 saturated carbocycles. The monoisotopic (exact) mass is 297 g/mol. The Morgan fingerprint density at radius 3 is 2.73 bits per heavy atom. The highest BCUT2D eigenvalue weighted by atomic mass is 16.5. The van der Waals surface area contributed by atoms with Crippen LogP contribution in [0.3, 0.4) is 0 Å². The summed E-state index contributed by atoms with van der Waals surface area (Å²) >= 11 is 0. The topological polar surface area (TPSA) is 49.8 Å². The minimum Gasteiger partial charge on any atom is -0.496 e. The smallest absolute Gasteiger partial charge is 0.231 e. The summed E-state index contributed by atoms with van der Waals surface area (Å²) in [6, 6.07) is 15.2. The number of anilines is 1. The Bertz CT molecular complexity index is 684. The van der Waals surface area contributed by atoms with Crippen molar-refractivity contribution in [2.24, 2.45) is 0 Å². The molecule has 1 N–H and O–H groups in total. The predicted octanol–water partition coefficient (Wildman–Crippen LogP) is 2.19. The molecule has 4 heteroatoms. The first-order valence-corrected chi connectivity index (χ1v) is 7.37. The molecular formula is C18H19NO3. The van der Waals surface area contributed by atoms with E-state index >= 15 is 0 Å². The van der Waals surface area contributed by atoms with Crippen molar-refractivity contribution < 1.29 is 14.6 Å². The quantitative estimate of drug-likeness (QED) is 0.941. The SMILES string of the molecule is COc1ccccc1CC(=O)N1c2ccccc2CC1CO. The number of hydrogen-bond acceptors (Lipinski definition) is 3. The number of amides is 1. The van der Waals surface area contributed by atoms with Crippen LogP contribution in [0.15, 0.2) is 48.5 Å². The van der Waals surface area contributed by atoms with Gasteiger partial charge in [-0.05, 0) is 24.1 Å². The number of carbonyl (C=O) groups is 1. The van der Waals surface area contributed by atoms with Crippen molar-refractivity contribution in [1.82, 2.24) is 0 Å². The van der Waals surface area contributed by atoms with Crippen LogP contribution in [0.1, 0.15) is 11.1 Å². The first-order chi connectivity index (χ1) is 10.7. The molecule has 0 saturated heterocycles. The fourth-order valence-electron chi connectivity index (χ4n) is 3.04. The number of aliphatic hydroxyl groups excluding tert-OH is 1. The Hall–Kier alpha value is -2.33. The van der Waals surface area contributed by atoms with Crippen LogP contribution in [0, 0.1) is 0 Å². The molecule has 1 unspecified atom stereocenters. The summed E-state index contributed by atoms with van der Waals surface area (Å²) in [5.41, 5.74) is 2.87. The third kappa shape index (κ3) is 2.57. The molecule has 3 rings (SSSR count). The highest BCUT2D eigenvalue weighted by Crippen LogP contribution is 2.32. The molecule has 114 valence electrons. The lowest BCUT2D eigenvalue weighted by Crippen LogP contribution is -2.40. The zero-order chi connectivity index (χ0) is 15.5. The first kappa shape index (κ1) is 14.6. The fraction of sp³-hybridized carbons (Fsp3) is 0.278. The largest absolute Gasteiger partial charge is 0.496 e. The zero-order valence-corrected chi connectivity index (χ0v) is 12.5. The van der Waals surface area contributed by atoms with E-state index in [1.54, 1.807) is 12.0 Å². The molecule has 1 heterocycles. The van der Waals surface area contributed by atoms with E-state index in [4.69, 9.17) is 4.74 Å². The molecule has 2 aromatic carbocycles. The van der Waals surface area contributed by atoms with Gasteiger partial charge in [0.05, 0.1) is 26.2 Å². The molecule has 4 nitrogen and oxygen atoms in total. The van der Waals surface area contributed by atoms with Crippen LogP contribution in [0.4, 0.5) is 5.69 Å². The number of aliphatic hydroxyl groups is 1. The molecule has 0 fully saturated rings. The van der Waals surface area contributed by atoms with E-state index < -0.39 is 0 Å². The van der Waals surface area contributed by atoms with Gasteiger partial charge < -0.3 is 14.7 Å².